The molecule has 0 saturated heterocycles. The van der Waals surface area contributed by atoms with E-state index in [0.717, 1.165) is 27.7 Å². The Hall–Kier alpha value is -2.80. The molecule has 2 aromatic heterocycles. The first kappa shape index (κ1) is 15.1. The van der Waals surface area contributed by atoms with Gasteiger partial charge in [-0.1, -0.05) is 18.1 Å². The van der Waals surface area contributed by atoms with Crippen LogP contribution in [0.4, 0.5) is 4.39 Å². The van der Waals surface area contributed by atoms with Gasteiger partial charge in [-0.05, 0) is 37.1 Å². The van der Waals surface area contributed by atoms with Crippen molar-refractivity contribution in [1.82, 2.24) is 9.55 Å². The Morgan fingerprint density at radius 2 is 1.96 bits per heavy atom. The van der Waals surface area contributed by atoms with Crippen molar-refractivity contribution in [1.29, 1.82) is 0 Å². The molecular weight excluding hydrogens is 291 g/mol. The molecule has 0 fully saturated rings. The lowest BCUT2D eigenvalue weighted by Crippen LogP contribution is -2.02. The molecule has 0 aliphatic carbocycles. The average Bonchev–Trinajstić information content (AvgIpc) is 2.80. The summed E-state index contributed by atoms with van der Waals surface area (Å²) in [5.41, 5.74) is 4.11. The molecule has 3 aromatic rings. The van der Waals surface area contributed by atoms with Gasteiger partial charge in [0.15, 0.2) is 5.75 Å². The molecule has 0 N–H and O–H groups in total. The number of benzene rings is 1. The van der Waals surface area contributed by atoms with Crippen molar-refractivity contribution in [2.75, 3.05) is 0 Å². The van der Waals surface area contributed by atoms with Crippen molar-refractivity contribution < 1.29 is 9.13 Å². The molecule has 2 heterocycles. The number of pyridine rings is 1. The molecule has 3 nitrogen and oxygen atoms in total. The van der Waals surface area contributed by atoms with Crippen LogP contribution in [-0.2, 0) is 13.2 Å². The van der Waals surface area contributed by atoms with Gasteiger partial charge in [0.1, 0.15) is 12.4 Å². The van der Waals surface area contributed by atoms with Gasteiger partial charge in [0.25, 0.3) is 0 Å². The molecule has 0 aliphatic rings. The molecule has 116 valence electrons. The van der Waals surface area contributed by atoms with Gasteiger partial charge in [0.05, 0.1) is 18.3 Å². The second kappa shape index (κ2) is 6.13. The second-order valence-electron chi connectivity index (χ2n) is 5.45. The van der Waals surface area contributed by atoms with Crippen molar-refractivity contribution >= 4 is 10.9 Å². The third-order valence-electron chi connectivity index (χ3n) is 4.06. The van der Waals surface area contributed by atoms with Gasteiger partial charge < -0.3 is 9.30 Å². The first-order chi connectivity index (χ1) is 11.1. The van der Waals surface area contributed by atoms with E-state index < -0.39 is 0 Å². The minimum absolute atomic E-state index is 0.258. The van der Waals surface area contributed by atoms with E-state index in [1.54, 1.807) is 18.3 Å². The maximum Gasteiger partial charge on any atom is 0.162 e. The van der Waals surface area contributed by atoms with E-state index >= 15 is 0 Å². The highest BCUT2D eigenvalue weighted by molar-refractivity contribution is 5.89. The summed E-state index contributed by atoms with van der Waals surface area (Å²) >= 11 is 0. The van der Waals surface area contributed by atoms with Gasteiger partial charge in [-0.3, -0.25) is 4.98 Å². The first-order valence-corrected chi connectivity index (χ1v) is 7.36. The molecule has 0 amide bonds. The van der Waals surface area contributed by atoms with Crippen molar-refractivity contribution in [3.05, 3.63) is 59.3 Å². The Bertz CT molecular complexity index is 888. The highest BCUT2D eigenvalue weighted by Gasteiger charge is 2.15. The summed E-state index contributed by atoms with van der Waals surface area (Å²) in [6.07, 6.45) is 9.02. The average molecular weight is 308 g/mol. The summed E-state index contributed by atoms with van der Waals surface area (Å²) in [5.74, 6) is 3.10. The lowest BCUT2D eigenvalue weighted by atomic mass is 10.2. The number of hydrogen-bond donors (Lipinski definition) is 0. The van der Waals surface area contributed by atoms with Gasteiger partial charge in [-0.15, -0.1) is 6.42 Å². The van der Waals surface area contributed by atoms with Gasteiger partial charge in [-0.25, -0.2) is 4.39 Å². The van der Waals surface area contributed by atoms with E-state index in [4.69, 9.17) is 11.2 Å². The Labute approximate surface area is 134 Å². The number of rotatable bonds is 4. The predicted octanol–water partition coefficient (Wildman–Crippen LogP) is 4.00. The van der Waals surface area contributed by atoms with E-state index in [9.17, 15) is 4.39 Å². The van der Waals surface area contributed by atoms with Crippen molar-refractivity contribution in [2.24, 2.45) is 0 Å². The minimum Gasteiger partial charge on any atom is -0.485 e. The molecule has 4 heteroatoms. The maximum absolute atomic E-state index is 13.0. The van der Waals surface area contributed by atoms with Gasteiger partial charge in [0.2, 0.25) is 0 Å². The fourth-order valence-electron chi connectivity index (χ4n) is 2.69. The van der Waals surface area contributed by atoms with Gasteiger partial charge >= 0.3 is 0 Å². The fraction of sp³-hybridized carbons (Fsp3) is 0.211. The highest BCUT2D eigenvalue weighted by atomic mass is 19.1. The summed E-state index contributed by atoms with van der Waals surface area (Å²) in [6, 6.07) is 6.26. The third kappa shape index (κ3) is 2.78. The van der Waals surface area contributed by atoms with E-state index in [1.807, 2.05) is 13.1 Å². The zero-order valence-electron chi connectivity index (χ0n) is 13.1. The van der Waals surface area contributed by atoms with E-state index in [1.165, 1.54) is 12.1 Å². The van der Waals surface area contributed by atoms with Crippen LogP contribution in [0.1, 0.15) is 16.8 Å². The number of aryl methyl sites for hydroxylation is 1. The number of fused-ring (bicyclic) bond motifs is 1. The number of hydrogen-bond acceptors (Lipinski definition) is 2. The smallest absolute Gasteiger partial charge is 0.162 e. The zero-order chi connectivity index (χ0) is 16.4. The van der Waals surface area contributed by atoms with Crippen LogP contribution >= 0.6 is 0 Å². The SMILES string of the molecule is C#CCn1c(C)c(C)c2cncc(OCc3ccc(F)cc3)c21. The van der Waals surface area contributed by atoms with E-state index in [0.29, 0.717) is 18.9 Å². The quantitative estimate of drug-likeness (QED) is 0.681. The summed E-state index contributed by atoms with van der Waals surface area (Å²) in [6.45, 7) is 4.92. The van der Waals surface area contributed by atoms with Crippen LogP contribution in [0.25, 0.3) is 10.9 Å². The standard InChI is InChI=1S/C19H17FN2O/c1-4-9-22-14(3)13(2)17-10-21-11-18(19(17)22)23-12-15-5-7-16(20)8-6-15/h1,5-8,10-11H,9,12H2,2-3H3. The van der Waals surface area contributed by atoms with Crippen LogP contribution in [0.2, 0.25) is 0 Å². The second-order valence-corrected chi connectivity index (χ2v) is 5.45. The van der Waals surface area contributed by atoms with Crippen LogP contribution in [-0.4, -0.2) is 9.55 Å². The number of terminal acetylenes is 1. The molecule has 23 heavy (non-hydrogen) atoms. The zero-order valence-corrected chi connectivity index (χ0v) is 13.1. The predicted molar refractivity (Wildman–Crippen MR) is 88.8 cm³/mol. The summed E-state index contributed by atoms with van der Waals surface area (Å²) in [5, 5.41) is 1.04. The maximum atomic E-state index is 13.0. The number of halogens is 1. The van der Waals surface area contributed by atoms with Crippen molar-refractivity contribution in [3.8, 4) is 18.1 Å². The summed E-state index contributed by atoms with van der Waals surface area (Å²) in [7, 11) is 0. The Kier molecular flexibility index (Phi) is 4.03. The third-order valence-corrected chi connectivity index (χ3v) is 4.06. The first-order valence-electron chi connectivity index (χ1n) is 7.36. The molecule has 0 bridgehead atoms. The van der Waals surface area contributed by atoms with Gasteiger partial charge in [0, 0.05) is 17.3 Å². The van der Waals surface area contributed by atoms with Crippen LogP contribution < -0.4 is 4.74 Å². The largest absolute Gasteiger partial charge is 0.485 e. The van der Waals surface area contributed by atoms with Crippen molar-refractivity contribution in [3.63, 3.8) is 0 Å². The Morgan fingerprint density at radius 3 is 2.65 bits per heavy atom. The molecule has 0 aliphatic heterocycles. The molecule has 0 spiro atoms. The lowest BCUT2D eigenvalue weighted by Gasteiger charge is -2.10. The number of ether oxygens (including phenoxy) is 1. The molecule has 0 unspecified atom stereocenters. The number of nitrogens with zero attached hydrogens (tertiary/aromatic N) is 2. The molecule has 0 saturated carbocycles. The number of aromatic nitrogens is 2. The highest BCUT2D eigenvalue weighted by Crippen LogP contribution is 2.31. The Balaban J connectivity index is 1.99. The van der Waals surface area contributed by atoms with Crippen LogP contribution in [0.3, 0.4) is 0 Å². The summed E-state index contributed by atoms with van der Waals surface area (Å²) in [4.78, 5) is 4.26. The normalized spacial score (nSPS) is 10.7. The minimum atomic E-state index is -0.258. The van der Waals surface area contributed by atoms with Crippen molar-refractivity contribution in [2.45, 2.75) is 27.0 Å². The molecule has 3 rings (SSSR count). The molecule has 1 aromatic carbocycles. The summed E-state index contributed by atoms with van der Waals surface area (Å²) < 4.78 is 21.0. The van der Waals surface area contributed by atoms with Gasteiger partial charge in [-0.2, -0.15) is 0 Å². The van der Waals surface area contributed by atoms with Crippen LogP contribution in [0.5, 0.6) is 5.75 Å². The topological polar surface area (TPSA) is 27.1 Å². The fourth-order valence-corrected chi connectivity index (χ4v) is 2.69. The molecule has 0 atom stereocenters. The lowest BCUT2D eigenvalue weighted by molar-refractivity contribution is 0.307. The van der Waals surface area contributed by atoms with Crippen LogP contribution in [0, 0.1) is 32.0 Å². The molecular formula is C19H17FN2O. The Morgan fingerprint density at radius 1 is 1.22 bits per heavy atom. The van der Waals surface area contributed by atoms with Crippen LogP contribution in [0.15, 0.2) is 36.7 Å². The van der Waals surface area contributed by atoms with E-state index in [2.05, 4.69) is 22.4 Å². The van der Waals surface area contributed by atoms with E-state index in [-0.39, 0.29) is 5.82 Å². The molecule has 0 radical (unpaired) electrons. The monoisotopic (exact) mass is 308 g/mol.